The van der Waals surface area contributed by atoms with E-state index in [1.54, 1.807) is 12.1 Å². The Bertz CT molecular complexity index is 590. The van der Waals surface area contributed by atoms with Crippen LogP contribution in [0.2, 0.25) is 0 Å². The summed E-state index contributed by atoms with van der Waals surface area (Å²) in [4.78, 5) is 29.3. The van der Waals surface area contributed by atoms with Crippen LogP contribution >= 0.6 is 0 Å². The van der Waals surface area contributed by atoms with Gasteiger partial charge in [0.15, 0.2) is 0 Å². The van der Waals surface area contributed by atoms with Crippen molar-refractivity contribution in [1.29, 1.82) is 0 Å². The van der Waals surface area contributed by atoms with Crippen LogP contribution in [0.3, 0.4) is 0 Å². The maximum absolute atomic E-state index is 12.7. The van der Waals surface area contributed by atoms with Crippen LogP contribution in [-0.4, -0.2) is 60.4 Å². The Kier molecular flexibility index (Phi) is 5.19. The molecule has 0 saturated carbocycles. The predicted molar refractivity (Wildman–Crippen MR) is 93.8 cm³/mol. The van der Waals surface area contributed by atoms with Gasteiger partial charge in [0.1, 0.15) is 0 Å². The molecule has 2 heterocycles. The number of nitrogens with one attached hydrogen (secondary N) is 1. The van der Waals surface area contributed by atoms with Gasteiger partial charge in [0.25, 0.3) is 5.91 Å². The van der Waals surface area contributed by atoms with E-state index < -0.39 is 0 Å². The van der Waals surface area contributed by atoms with Crippen LogP contribution in [0.15, 0.2) is 30.3 Å². The minimum Gasteiger partial charge on any atom is -0.343 e. The molecule has 1 N–H and O–H groups in total. The quantitative estimate of drug-likeness (QED) is 0.921. The van der Waals surface area contributed by atoms with Crippen LogP contribution in [0, 0.1) is 0 Å². The molecule has 130 valence electrons. The van der Waals surface area contributed by atoms with Gasteiger partial charge in [0.2, 0.25) is 5.91 Å². The van der Waals surface area contributed by atoms with E-state index in [0.29, 0.717) is 5.56 Å². The Morgan fingerprint density at radius 2 is 1.75 bits per heavy atom. The molecule has 5 nitrogen and oxygen atoms in total. The van der Waals surface area contributed by atoms with Gasteiger partial charge in [0.05, 0.1) is 6.54 Å². The van der Waals surface area contributed by atoms with Gasteiger partial charge in [-0.25, -0.2) is 0 Å². The van der Waals surface area contributed by atoms with Gasteiger partial charge in [-0.15, -0.1) is 0 Å². The topological polar surface area (TPSA) is 52.6 Å². The number of nitrogens with zero attached hydrogens (tertiary/aromatic N) is 2. The predicted octanol–water partition coefficient (Wildman–Crippen LogP) is 1.89. The van der Waals surface area contributed by atoms with Crippen LogP contribution in [0.25, 0.3) is 0 Å². The van der Waals surface area contributed by atoms with E-state index in [9.17, 15) is 9.59 Å². The number of hydrogen-bond donors (Lipinski definition) is 1. The lowest BCUT2D eigenvalue weighted by molar-refractivity contribution is -0.134. The second-order valence-corrected chi connectivity index (χ2v) is 7.08. The summed E-state index contributed by atoms with van der Waals surface area (Å²) in [5.74, 6) is -0.126. The van der Waals surface area contributed by atoms with E-state index in [-0.39, 0.29) is 23.9 Å². The first kappa shape index (κ1) is 17.0. The highest BCUT2D eigenvalue weighted by Crippen LogP contribution is 2.38. The molecule has 3 rings (SSSR count). The number of benzene rings is 1. The van der Waals surface area contributed by atoms with Gasteiger partial charge < -0.3 is 15.1 Å². The van der Waals surface area contributed by atoms with E-state index in [4.69, 9.17) is 0 Å². The molecule has 0 bridgehead atoms. The third-order valence-corrected chi connectivity index (χ3v) is 5.47. The summed E-state index contributed by atoms with van der Waals surface area (Å²) in [6, 6.07) is 9.05. The Morgan fingerprint density at radius 3 is 2.50 bits per heavy atom. The fourth-order valence-electron chi connectivity index (χ4n) is 4.10. The standard InChI is InChI=1S/C19H27N3O2/c1-21-12-5-9-19(11-14-21)10-6-13-22(19)17(23)15-20-18(24)16-7-3-2-4-8-16/h2-4,7-8H,5-6,9-15H2,1H3,(H,20,24)/t19-/m0/s1. The van der Waals surface area contributed by atoms with Crippen LogP contribution < -0.4 is 5.32 Å². The molecule has 1 spiro atoms. The number of carbonyl (C=O) groups excluding carboxylic acids is 2. The molecule has 2 aliphatic rings. The Morgan fingerprint density at radius 1 is 1.04 bits per heavy atom. The van der Waals surface area contributed by atoms with E-state index in [0.717, 1.165) is 51.7 Å². The number of likely N-dealkylation sites (tertiary alicyclic amines) is 2. The van der Waals surface area contributed by atoms with Crippen LogP contribution in [0.5, 0.6) is 0 Å². The molecule has 5 heteroatoms. The zero-order valence-corrected chi connectivity index (χ0v) is 14.5. The SMILES string of the molecule is CN1CCC[C@]2(CCCN2C(=O)CNC(=O)c2ccccc2)CC1. The molecule has 2 saturated heterocycles. The van der Waals surface area contributed by atoms with Crippen molar-refractivity contribution in [2.24, 2.45) is 0 Å². The van der Waals surface area contributed by atoms with Crippen molar-refractivity contribution < 1.29 is 9.59 Å². The Balaban J connectivity index is 1.60. The van der Waals surface area contributed by atoms with Crippen LogP contribution in [0.1, 0.15) is 42.5 Å². The van der Waals surface area contributed by atoms with E-state index in [1.807, 2.05) is 18.2 Å². The van der Waals surface area contributed by atoms with Crippen molar-refractivity contribution in [3.8, 4) is 0 Å². The molecule has 0 aromatic heterocycles. The average molecular weight is 329 g/mol. The molecule has 2 fully saturated rings. The molecule has 0 radical (unpaired) electrons. The minimum absolute atomic E-state index is 0.0132. The van der Waals surface area contributed by atoms with Crippen molar-refractivity contribution >= 4 is 11.8 Å². The lowest BCUT2D eigenvalue weighted by Crippen LogP contribution is -2.51. The summed E-state index contributed by atoms with van der Waals surface area (Å²) in [7, 11) is 2.15. The molecule has 2 amide bonds. The lowest BCUT2D eigenvalue weighted by Gasteiger charge is -2.38. The monoisotopic (exact) mass is 329 g/mol. The van der Waals surface area contributed by atoms with Crippen molar-refractivity contribution in [3.05, 3.63) is 35.9 Å². The molecule has 1 aromatic rings. The summed E-state index contributed by atoms with van der Waals surface area (Å²) in [6.07, 6.45) is 5.43. The van der Waals surface area contributed by atoms with Crippen LogP contribution in [0.4, 0.5) is 0 Å². The summed E-state index contributed by atoms with van der Waals surface area (Å²) >= 11 is 0. The number of amides is 2. The summed E-state index contributed by atoms with van der Waals surface area (Å²) in [5, 5.41) is 2.78. The van der Waals surface area contributed by atoms with Crippen molar-refractivity contribution in [1.82, 2.24) is 15.1 Å². The minimum atomic E-state index is -0.183. The van der Waals surface area contributed by atoms with Crippen molar-refractivity contribution in [3.63, 3.8) is 0 Å². The first-order chi connectivity index (χ1) is 11.6. The summed E-state index contributed by atoms with van der Waals surface area (Å²) in [5.41, 5.74) is 0.608. The van der Waals surface area contributed by atoms with Crippen LogP contribution in [-0.2, 0) is 4.79 Å². The van der Waals surface area contributed by atoms with Gasteiger partial charge in [-0.05, 0) is 57.8 Å². The molecular formula is C19H27N3O2. The zero-order chi connectivity index (χ0) is 17.0. The fraction of sp³-hybridized carbons (Fsp3) is 0.579. The molecule has 0 unspecified atom stereocenters. The second-order valence-electron chi connectivity index (χ2n) is 7.08. The third-order valence-electron chi connectivity index (χ3n) is 5.47. The Labute approximate surface area is 144 Å². The highest BCUT2D eigenvalue weighted by atomic mass is 16.2. The average Bonchev–Trinajstić information content (AvgIpc) is 2.92. The first-order valence-electron chi connectivity index (χ1n) is 8.93. The van der Waals surface area contributed by atoms with E-state index >= 15 is 0 Å². The van der Waals surface area contributed by atoms with Crippen molar-refractivity contribution in [2.75, 3.05) is 33.2 Å². The zero-order valence-electron chi connectivity index (χ0n) is 14.5. The lowest BCUT2D eigenvalue weighted by atomic mass is 9.87. The number of hydrogen-bond acceptors (Lipinski definition) is 3. The highest BCUT2D eigenvalue weighted by molar-refractivity contribution is 5.96. The molecule has 2 aliphatic heterocycles. The highest BCUT2D eigenvalue weighted by Gasteiger charge is 2.43. The molecule has 0 aliphatic carbocycles. The van der Waals surface area contributed by atoms with Gasteiger partial charge in [-0.2, -0.15) is 0 Å². The smallest absolute Gasteiger partial charge is 0.251 e. The van der Waals surface area contributed by atoms with E-state index in [1.165, 1.54) is 0 Å². The summed E-state index contributed by atoms with van der Waals surface area (Å²) in [6.45, 7) is 3.06. The number of rotatable bonds is 3. The van der Waals surface area contributed by atoms with Gasteiger partial charge in [-0.3, -0.25) is 9.59 Å². The molecular weight excluding hydrogens is 302 g/mol. The fourth-order valence-corrected chi connectivity index (χ4v) is 4.10. The van der Waals surface area contributed by atoms with E-state index in [2.05, 4.69) is 22.2 Å². The van der Waals surface area contributed by atoms with Crippen molar-refractivity contribution in [2.45, 2.75) is 37.6 Å². The van der Waals surface area contributed by atoms with Gasteiger partial charge in [-0.1, -0.05) is 18.2 Å². The number of carbonyl (C=O) groups is 2. The second kappa shape index (κ2) is 7.34. The molecule has 1 aromatic carbocycles. The van der Waals surface area contributed by atoms with Gasteiger partial charge >= 0.3 is 0 Å². The molecule has 24 heavy (non-hydrogen) atoms. The maximum atomic E-state index is 12.7. The summed E-state index contributed by atoms with van der Waals surface area (Å²) < 4.78 is 0. The maximum Gasteiger partial charge on any atom is 0.251 e. The van der Waals surface area contributed by atoms with Gasteiger partial charge in [0, 0.05) is 24.2 Å². The third kappa shape index (κ3) is 3.61. The first-order valence-corrected chi connectivity index (χ1v) is 8.93. The largest absolute Gasteiger partial charge is 0.343 e. The normalized spacial score (nSPS) is 24.8. The Hall–Kier alpha value is -1.88. The molecule has 1 atom stereocenters.